The molecule has 1 spiro atoms. The first kappa shape index (κ1) is 6.54. The summed E-state index contributed by atoms with van der Waals surface area (Å²) in [4.78, 5) is 0.995. The van der Waals surface area contributed by atoms with Crippen molar-refractivity contribution in [2.45, 2.75) is 36.4 Å². The molecule has 4 nitrogen and oxygen atoms in total. The van der Waals surface area contributed by atoms with Crippen molar-refractivity contribution in [1.29, 1.82) is 0 Å². The van der Waals surface area contributed by atoms with Gasteiger partial charge in [0.25, 0.3) is 0 Å². The van der Waals surface area contributed by atoms with E-state index in [4.69, 9.17) is 21.8 Å². The lowest BCUT2D eigenvalue weighted by molar-refractivity contribution is -0.0453. The number of likely N-dealkylation sites (tertiary alicyclic amines) is 1. The molecule has 0 amide bonds. The van der Waals surface area contributed by atoms with Gasteiger partial charge in [-0.25, -0.2) is 0 Å². The van der Waals surface area contributed by atoms with Gasteiger partial charge in [-0.3, -0.25) is 0 Å². The maximum atomic E-state index is 10.9. The van der Waals surface area contributed by atoms with Gasteiger partial charge in [-0.05, 0) is 37.9 Å². The number of hydrogen-bond donors (Lipinski definition) is 1. The van der Waals surface area contributed by atoms with Crippen LogP contribution in [-0.4, -0.2) is 48.8 Å². The standard InChI is InChI=1S/C18H21NO3/c1-19-8-7-18-11-4-5-13(20)17(18)22-16-14(21-2)6-3-10(15(16)18)9-12(11)19/h3-6,11-13,17,20H,7-9H2,1-2H3/t11-,12+,13?,17?,18-/m0/s1/i1D3,2D3,9D2,11D,13D. The SMILES string of the molecule is [2H]C([2H])([2H])Oc1ccc2c3c1OC1C([2H])(O)C=C[C@@]4([2H])[C@H](N(C([2H])([2H])[2H])CC[C@]314)C2([2H])[2H]. The van der Waals surface area contributed by atoms with Gasteiger partial charge >= 0.3 is 0 Å². The fourth-order valence-electron chi connectivity index (χ4n) is 4.33. The summed E-state index contributed by atoms with van der Waals surface area (Å²) < 4.78 is 92.9. The fraction of sp³-hybridized carbons (Fsp3) is 0.556. The molecule has 2 bridgehead atoms. The first-order chi connectivity index (χ1) is 14.5. The van der Waals surface area contributed by atoms with Crippen LogP contribution in [0.5, 0.6) is 11.5 Å². The predicted octanol–water partition coefficient (Wildman–Crippen LogP) is 1.50. The van der Waals surface area contributed by atoms with E-state index in [1.165, 1.54) is 18.2 Å². The molecule has 0 aromatic heterocycles. The molecule has 5 rings (SSSR count). The molecule has 0 saturated carbocycles. The molecule has 5 atom stereocenters. The third kappa shape index (κ3) is 1.28. The molecule has 1 aromatic rings. The largest absolute Gasteiger partial charge is 0.493 e. The van der Waals surface area contributed by atoms with E-state index in [0.717, 1.165) is 11.0 Å². The molecule has 4 aliphatic rings. The van der Waals surface area contributed by atoms with Crippen LogP contribution < -0.4 is 9.47 Å². The lowest BCUT2D eigenvalue weighted by Gasteiger charge is -2.56. The number of methoxy groups -OCH3 is 1. The zero-order valence-electron chi connectivity index (χ0n) is 21.6. The maximum Gasteiger partial charge on any atom is 0.165 e. The molecular formula is C18H21NO3. The summed E-state index contributed by atoms with van der Waals surface area (Å²) in [5.74, 6) is -2.25. The van der Waals surface area contributed by atoms with Gasteiger partial charge in [0.05, 0.1) is 12.5 Å². The Bertz CT molecular complexity index is 1040. The lowest BCUT2D eigenvalue weighted by atomic mass is 9.53. The fourth-order valence-corrected chi connectivity index (χ4v) is 4.33. The van der Waals surface area contributed by atoms with Crippen molar-refractivity contribution in [2.24, 2.45) is 5.89 Å². The Kier molecular flexibility index (Phi) is 1.21. The van der Waals surface area contributed by atoms with Gasteiger partial charge in [0.15, 0.2) is 11.5 Å². The minimum Gasteiger partial charge on any atom is -0.493 e. The van der Waals surface area contributed by atoms with E-state index in [-0.39, 0.29) is 35.6 Å². The molecule has 1 N–H and O–H groups in total. The Balaban J connectivity index is 1.86. The molecule has 1 fully saturated rings. The molecule has 2 heterocycles. The number of likely N-dealkylation sites (N-methyl/N-ethyl adjacent to an activating group) is 1. The van der Waals surface area contributed by atoms with E-state index < -0.39 is 49.9 Å². The lowest BCUT2D eigenvalue weighted by Crippen LogP contribution is -2.64. The highest BCUT2D eigenvalue weighted by Crippen LogP contribution is 2.62. The molecule has 1 aromatic carbocycles. The van der Waals surface area contributed by atoms with Crippen LogP contribution in [0.25, 0.3) is 0 Å². The van der Waals surface area contributed by atoms with Gasteiger partial charge in [-0.15, -0.1) is 0 Å². The van der Waals surface area contributed by atoms with Crippen molar-refractivity contribution >= 4 is 0 Å². The molecule has 2 aliphatic carbocycles. The molecular weight excluding hydrogens is 278 g/mol. The quantitative estimate of drug-likeness (QED) is 0.798. The van der Waals surface area contributed by atoms with Crippen LogP contribution in [0.4, 0.5) is 0 Å². The molecule has 2 unspecified atom stereocenters. The highest BCUT2D eigenvalue weighted by Gasteiger charge is 2.64. The van der Waals surface area contributed by atoms with Crippen molar-refractivity contribution in [2.75, 3.05) is 20.6 Å². The first-order valence-corrected chi connectivity index (χ1v) is 7.20. The van der Waals surface area contributed by atoms with Crippen molar-refractivity contribution in [1.82, 2.24) is 4.90 Å². The summed E-state index contributed by atoms with van der Waals surface area (Å²) in [5, 5.41) is 10.9. The average molecular weight is 309 g/mol. The Hall–Kier alpha value is -1.52. The normalized spacial score (nSPS) is 57.9. The number of nitrogens with zero attached hydrogens (tertiary/aromatic N) is 1. The van der Waals surface area contributed by atoms with Gasteiger partial charge in [0, 0.05) is 31.1 Å². The first-order valence-electron chi connectivity index (χ1n) is 12.2. The van der Waals surface area contributed by atoms with Crippen molar-refractivity contribution < 1.29 is 28.3 Å². The second-order valence-corrected chi connectivity index (χ2v) is 6.09. The second-order valence-electron chi connectivity index (χ2n) is 6.09. The van der Waals surface area contributed by atoms with E-state index >= 15 is 0 Å². The van der Waals surface area contributed by atoms with Gasteiger partial charge in [-0.2, -0.15) is 0 Å². The van der Waals surface area contributed by atoms with E-state index in [9.17, 15) is 6.48 Å². The zero-order valence-corrected chi connectivity index (χ0v) is 11.6. The summed E-state index contributed by atoms with van der Waals surface area (Å²) in [6.45, 7) is -2.82. The summed E-state index contributed by atoms with van der Waals surface area (Å²) in [6.07, 6.45) is -3.83. The van der Waals surface area contributed by atoms with Crippen LogP contribution in [-0.2, 0) is 11.8 Å². The maximum absolute atomic E-state index is 10.9. The molecule has 2 aliphatic heterocycles. The number of rotatable bonds is 1. The Morgan fingerprint density at radius 2 is 2.50 bits per heavy atom. The van der Waals surface area contributed by atoms with E-state index in [1.54, 1.807) is 0 Å². The summed E-state index contributed by atoms with van der Waals surface area (Å²) >= 11 is 0. The van der Waals surface area contributed by atoms with E-state index in [0.29, 0.717) is 0 Å². The number of hydrogen-bond acceptors (Lipinski definition) is 4. The molecule has 1 saturated heterocycles. The molecule has 22 heavy (non-hydrogen) atoms. The van der Waals surface area contributed by atoms with Crippen LogP contribution in [0.1, 0.15) is 31.3 Å². The Morgan fingerprint density at radius 1 is 1.55 bits per heavy atom. The highest BCUT2D eigenvalue weighted by molar-refractivity contribution is 5.62. The average Bonchev–Trinajstić information content (AvgIpc) is 2.97. The van der Waals surface area contributed by atoms with Crippen molar-refractivity contribution in [3.8, 4) is 11.5 Å². The van der Waals surface area contributed by atoms with Crippen LogP contribution in [0.3, 0.4) is 0 Å². The van der Waals surface area contributed by atoms with Crippen LogP contribution >= 0.6 is 0 Å². The van der Waals surface area contributed by atoms with E-state index in [1.807, 2.05) is 0 Å². The summed E-state index contributed by atoms with van der Waals surface area (Å²) in [7, 11) is -2.84. The number of ether oxygens (including phenoxy) is 2. The minimum atomic E-state index is -2.84. The zero-order chi connectivity index (χ0) is 23.7. The Morgan fingerprint density at radius 3 is 3.36 bits per heavy atom. The van der Waals surface area contributed by atoms with Gasteiger partial charge in [0.1, 0.15) is 12.2 Å². The second kappa shape index (κ2) is 4.06. The third-order valence-corrected chi connectivity index (χ3v) is 5.22. The van der Waals surface area contributed by atoms with Crippen molar-refractivity contribution in [3.63, 3.8) is 0 Å². The Labute approximate surface area is 144 Å². The molecule has 4 heteroatoms. The van der Waals surface area contributed by atoms with E-state index in [2.05, 4.69) is 0 Å². The molecule has 0 radical (unpaired) electrons. The highest BCUT2D eigenvalue weighted by atomic mass is 16.5. The van der Waals surface area contributed by atoms with Crippen LogP contribution in [0.15, 0.2) is 24.3 Å². The smallest absolute Gasteiger partial charge is 0.165 e. The van der Waals surface area contributed by atoms with Gasteiger partial charge in [0.2, 0.25) is 0 Å². The summed E-state index contributed by atoms with van der Waals surface area (Å²) in [6, 6.07) is 1.09. The topological polar surface area (TPSA) is 41.9 Å². The predicted molar refractivity (Wildman–Crippen MR) is 82.5 cm³/mol. The van der Waals surface area contributed by atoms with Crippen LogP contribution in [0.2, 0.25) is 0 Å². The minimum absolute atomic E-state index is 0.0190. The van der Waals surface area contributed by atoms with Gasteiger partial charge < -0.3 is 19.5 Å². The van der Waals surface area contributed by atoms with Crippen molar-refractivity contribution in [3.05, 3.63) is 35.4 Å². The number of benzene rings is 1. The molecule has 116 valence electrons. The monoisotopic (exact) mass is 309 g/mol. The van der Waals surface area contributed by atoms with Crippen LogP contribution in [0, 0.1) is 5.89 Å². The number of aliphatic hydroxyl groups is 1. The third-order valence-electron chi connectivity index (χ3n) is 5.22. The van der Waals surface area contributed by atoms with Gasteiger partial charge in [-0.1, -0.05) is 18.2 Å². The number of piperidine rings is 1. The summed E-state index contributed by atoms with van der Waals surface area (Å²) in [5.41, 5.74) is -1.27.